The number of nitrogens with zero attached hydrogens (tertiary/aromatic N) is 2. The van der Waals surface area contributed by atoms with Gasteiger partial charge in [-0.2, -0.15) is 0 Å². The smallest absolute Gasteiger partial charge is 0.368 e. The minimum absolute atomic E-state index is 0.0445. The lowest BCUT2D eigenvalue weighted by molar-refractivity contribution is -0.154. The number of Topliss-reactive ketones (excluding diaryl/α,β-unsaturated/α-hetero) is 1. The Balaban J connectivity index is 1.71. The molecule has 1 saturated heterocycles. The zero-order chi connectivity index (χ0) is 21.3. The number of anilines is 1. The summed E-state index contributed by atoms with van der Waals surface area (Å²) in [7, 11) is 1.53. The summed E-state index contributed by atoms with van der Waals surface area (Å²) in [6.45, 7) is 2.67. The molecule has 1 atom stereocenters. The fourth-order valence-corrected chi connectivity index (χ4v) is 4.90. The number of methoxy groups -OCH3 is 1. The van der Waals surface area contributed by atoms with E-state index in [2.05, 4.69) is 9.88 Å². The lowest BCUT2D eigenvalue weighted by Crippen LogP contribution is -2.55. The van der Waals surface area contributed by atoms with Crippen molar-refractivity contribution in [3.63, 3.8) is 0 Å². The molecule has 10 heteroatoms. The first kappa shape index (κ1) is 20.5. The molecule has 1 aliphatic heterocycles. The molecule has 9 nitrogen and oxygen atoms in total. The van der Waals surface area contributed by atoms with Crippen molar-refractivity contribution in [2.45, 2.75) is 31.3 Å². The first-order valence-corrected chi connectivity index (χ1v) is 10.6. The van der Waals surface area contributed by atoms with Crippen LogP contribution in [0.2, 0.25) is 0 Å². The van der Waals surface area contributed by atoms with E-state index < -0.39 is 23.3 Å². The predicted molar refractivity (Wildman–Crippen MR) is 110 cm³/mol. The molecule has 2 aromatic rings. The van der Waals surface area contributed by atoms with Crippen molar-refractivity contribution in [3.05, 3.63) is 17.1 Å². The predicted octanol–water partition coefficient (Wildman–Crippen LogP) is 1.67. The molecular formula is C20H23N3O6S. The van der Waals surface area contributed by atoms with Crippen LogP contribution in [0.4, 0.5) is 5.69 Å². The standard InChI is InChI=1S/C20H23N3O6S/c1-27-13-6-5-12(23-8-10-28-11-9-23)16-15(13)22-17(30-16)18(25)29-20(19(21)26)7-3-2-4-14(20)24/h5-6H,2-4,7-11H2,1H3,(H2,21,26). The van der Waals surface area contributed by atoms with Crippen molar-refractivity contribution in [3.8, 4) is 5.75 Å². The highest BCUT2D eigenvalue weighted by molar-refractivity contribution is 7.21. The molecule has 2 heterocycles. The summed E-state index contributed by atoms with van der Waals surface area (Å²) in [4.78, 5) is 44.0. The molecule has 1 unspecified atom stereocenters. The van der Waals surface area contributed by atoms with E-state index in [1.165, 1.54) is 7.11 Å². The van der Waals surface area contributed by atoms with Crippen molar-refractivity contribution < 1.29 is 28.6 Å². The molecular weight excluding hydrogens is 410 g/mol. The van der Waals surface area contributed by atoms with Gasteiger partial charge in [-0.05, 0) is 25.0 Å². The molecule has 0 spiro atoms. The number of rotatable bonds is 5. The maximum atomic E-state index is 12.9. The maximum Gasteiger partial charge on any atom is 0.368 e. The van der Waals surface area contributed by atoms with Gasteiger partial charge in [0, 0.05) is 25.9 Å². The van der Waals surface area contributed by atoms with E-state index in [9.17, 15) is 14.4 Å². The number of carbonyl (C=O) groups is 3. The minimum Gasteiger partial charge on any atom is -0.494 e. The molecule has 2 N–H and O–H groups in total. The summed E-state index contributed by atoms with van der Waals surface area (Å²) >= 11 is 1.14. The summed E-state index contributed by atoms with van der Waals surface area (Å²) in [6, 6.07) is 3.73. The van der Waals surface area contributed by atoms with E-state index in [-0.39, 0.29) is 17.8 Å². The molecule has 1 aromatic carbocycles. The van der Waals surface area contributed by atoms with Gasteiger partial charge in [0.05, 0.1) is 30.7 Å². The van der Waals surface area contributed by atoms with Crippen LogP contribution in [0, 0.1) is 0 Å². The van der Waals surface area contributed by atoms with Crippen LogP contribution >= 0.6 is 11.3 Å². The second kappa shape index (κ2) is 8.19. The van der Waals surface area contributed by atoms with Gasteiger partial charge in [0.1, 0.15) is 11.3 Å². The highest BCUT2D eigenvalue weighted by atomic mass is 32.1. The van der Waals surface area contributed by atoms with Crippen LogP contribution in [-0.2, 0) is 19.1 Å². The molecule has 2 fully saturated rings. The Morgan fingerprint density at radius 3 is 2.70 bits per heavy atom. The van der Waals surface area contributed by atoms with Crippen LogP contribution < -0.4 is 15.4 Å². The fraction of sp³-hybridized carbons (Fsp3) is 0.500. The number of ketones is 1. The van der Waals surface area contributed by atoms with Crippen LogP contribution in [0.1, 0.15) is 35.5 Å². The van der Waals surface area contributed by atoms with Crippen LogP contribution in [0.25, 0.3) is 10.2 Å². The number of amides is 1. The van der Waals surface area contributed by atoms with Crippen LogP contribution in [-0.4, -0.2) is 61.7 Å². The number of esters is 1. The third-order valence-corrected chi connectivity index (χ3v) is 6.59. The number of thiazole rings is 1. The number of ether oxygens (including phenoxy) is 3. The number of fused-ring (bicyclic) bond motifs is 1. The lowest BCUT2D eigenvalue weighted by Gasteiger charge is -2.31. The van der Waals surface area contributed by atoms with Gasteiger partial charge in [-0.3, -0.25) is 9.59 Å². The first-order valence-electron chi connectivity index (χ1n) is 9.83. The third kappa shape index (κ3) is 3.50. The maximum absolute atomic E-state index is 12.9. The number of hydrogen-bond acceptors (Lipinski definition) is 9. The molecule has 2 aliphatic rings. The molecule has 160 valence electrons. The fourth-order valence-electron chi connectivity index (χ4n) is 3.90. The monoisotopic (exact) mass is 433 g/mol. The SMILES string of the molecule is COc1ccc(N2CCOCC2)c2sc(C(=O)OC3(C(N)=O)CCCCC3=O)nc12. The summed E-state index contributed by atoms with van der Waals surface area (Å²) in [5, 5.41) is 0.0445. The van der Waals surface area contributed by atoms with E-state index >= 15 is 0 Å². The van der Waals surface area contributed by atoms with Gasteiger partial charge in [0.15, 0.2) is 5.78 Å². The van der Waals surface area contributed by atoms with Gasteiger partial charge in [0.2, 0.25) is 10.6 Å². The number of nitrogens with two attached hydrogens (primary N) is 1. The highest BCUT2D eigenvalue weighted by Crippen LogP contribution is 2.39. The molecule has 0 radical (unpaired) electrons. The van der Waals surface area contributed by atoms with Gasteiger partial charge in [-0.1, -0.05) is 0 Å². The summed E-state index contributed by atoms with van der Waals surface area (Å²) in [5.74, 6) is -1.70. The van der Waals surface area contributed by atoms with Gasteiger partial charge in [-0.25, -0.2) is 9.78 Å². The second-order valence-electron chi connectivity index (χ2n) is 7.29. The van der Waals surface area contributed by atoms with Crippen LogP contribution in [0.15, 0.2) is 12.1 Å². The number of primary amides is 1. The normalized spacial score (nSPS) is 22.2. The molecule has 1 aliphatic carbocycles. The van der Waals surface area contributed by atoms with Crippen molar-refractivity contribution in [1.82, 2.24) is 4.98 Å². The zero-order valence-corrected chi connectivity index (χ0v) is 17.5. The summed E-state index contributed by atoms with van der Waals surface area (Å²) in [6.07, 6.45) is 1.48. The first-order chi connectivity index (χ1) is 14.5. The third-order valence-electron chi connectivity index (χ3n) is 5.53. The molecule has 0 bridgehead atoms. The summed E-state index contributed by atoms with van der Waals surface area (Å²) in [5.41, 5.74) is 5.01. The Morgan fingerprint density at radius 2 is 2.03 bits per heavy atom. The molecule has 1 aromatic heterocycles. The van der Waals surface area contributed by atoms with E-state index in [4.69, 9.17) is 19.9 Å². The minimum atomic E-state index is -1.91. The highest BCUT2D eigenvalue weighted by Gasteiger charge is 2.49. The van der Waals surface area contributed by atoms with Crippen molar-refractivity contribution in [2.75, 3.05) is 38.3 Å². The van der Waals surface area contributed by atoms with Crippen molar-refractivity contribution in [2.24, 2.45) is 5.73 Å². The number of carbonyl (C=O) groups excluding carboxylic acids is 3. The lowest BCUT2D eigenvalue weighted by atomic mass is 9.83. The van der Waals surface area contributed by atoms with Gasteiger partial charge < -0.3 is 24.8 Å². The average molecular weight is 433 g/mol. The Bertz CT molecular complexity index is 1000. The van der Waals surface area contributed by atoms with Gasteiger partial charge >= 0.3 is 5.97 Å². The summed E-state index contributed by atoms with van der Waals surface area (Å²) < 4.78 is 17.0. The Morgan fingerprint density at radius 1 is 1.27 bits per heavy atom. The molecule has 1 saturated carbocycles. The zero-order valence-electron chi connectivity index (χ0n) is 16.6. The number of hydrogen-bond donors (Lipinski definition) is 1. The molecule has 30 heavy (non-hydrogen) atoms. The van der Waals surface area contributed by atoms with E-state index in [1.807, 2.05) is 6.07 Å². The van der Waals surface area contributed by atoms with E-state index in [0.717, 1.165) is 34.8 Å². The Labute approximate surface area is 177 Å². The Kier molecular flexibility index (Phi) is 5.61. The number of morpholine rings is 1. The van der Waals surface area contributed by atoms with Crippen molar-refractivity contribution in [1.29, 1.82) is 0 Å². The number of aromatic nitrogens is 1. The molecule has 1 amide bonds. The second-order valence-corrected chi connectivity index (χ2v) is 8.29. The van der Waals surface area contributed by atoms with Crippen molar-refractivity contribution >= 4 is 44.9 Å². The molecule has 4 rings (SSSR count). The van der Waals surface area contributed by atoms with Crippen LogP contribution in [0.3, 0.4) is 0 Å². The largest absolute Gasteiger partial charge is 0.494 e. The number of benzene rings is 1. The topological polar surface area (TPSA) is 121 Å². The van der Waals surface area contributed by atoms with Gasteiger partial charge in [0.25, 0.3) is 5.91 Å². The average Bonchev–Trinajstić information content (AvgIpc) is 3.21. The van der Waals surface area contributed by atoms with E-state index in [1.54, 1.807) is 6.07 Å². The van der Waals surface area contributed by atoms with Gasteiger partial charge in [-0.15, -0.1) is 11.3 Å². The van der Waals surface area contributed by atoms with E-state index in [0.29, 0.717) is 37.3 Å². The quantitative estimate of drug-likeness (QED) is 0.558. The Hall–Kier alpha value is -2.72. The van der Waals surface area contributed by atoms with Crippen LogP contribution in [0.5, 0.6) is 5.75 Å².